The van der Waals surface area contributed by atoms with Gasteiger partial charge in [0, 0.05) is 17.3 Å². The quantitative estimate of drug-likeness (QED) is 0.719. The monoisotopic (exact) mass is 224 g/mol. The van der Waals surface area contributed by atoms with Crippen LogP contribution in [0.25, 0.3) is 0 Å². The molecule has 1 aliphatic rings. The van der Waals surface area contributed by atoms with Crippen LogP contribution >= 0.6 is 0 Å². The van der Waals surface area contributed by atoms with E-state index in [2.05, 4.69) is 6.92 Å². The molecular weight excluding hydrogens is 200 g/mol. The number of carbonyl (C=O) groups is 2. The summed E-state index contributed by atoms with van der Waals surface area (Å²) in [5.74, 6) is 0.587. The van der Waals surface area contributed by atoms with Crippen LogP contribution in [0, 0.1) is 10.8 Å². The highest BCUT2D eigenvalue weighted by atomic mass is 16.1. The Morgan fingerprint density at radius 2 is 1.94 bits per heavy atom. The van der Waals surface area contributed by atoms with Gasteiger partial charge in [-0.3, -0.25) is 9.59 Å². The maximum Gasteiger partial charge on any atom is 0.138 e. The van der Waals surface area contributed by atoms with Crippen LogP contribution in [0.5, 0.6) is 0 Å². The summed E-state index contributed by atoms with van der Waals surface area (Å²) in [4.78, 5) is 23.9. The number of hydrogen-bond donors (Lipinski definition) is 0. The van der Waals surface area contributed by atoms with Crippen molar-refractivity contribution >= 4 is 11.6 Å². The van der Waals surface area contributed by atoms with Crippen LogP contribution in [-0.2, 0) is 9.59 Å². The van der Waals surface area contributed by atoms with Crippen molar-refractivity contribution in [2.75, 3.05) is 0 Å². The Kier molecular flexibility index (Phi) is 3.92. The van der Waals surface area contributed by atoms with Crippen LogP contribution in [0.15, 0.2) is 0 Å². The third-order valence-electron chi connectivity index (χ3n) is 4.47. The van der Waals surface area contributed by atoms with Gasteiger partial charge in [0.2, 0.25) is 0 Å². The van der Waals surface area contributed by atoms with E-state index in [1.807, 2.05) is 13.8 Å². The highest BCUT2D eigenvalue weighted by molar-refractivity contribution is 5.87. The molecule has 0 aromatic rings. The lowest BCUT2D eigenvalue weighted by Crippen LogP contribution is -2.39. The van der Waals surface area contributed by atoms with E-state index < -0.39 is 0 Å². The maximum atomic E-state index is 12.1. The lowest BCUT2D eigenvalue weighted by atomic mass is 9.64. The van der Waals surface area contributed by atoms with E-state index in [0.717, 1.165) is 32.1 Å². The predicted octanol–water partition coefficient (Wildman–Crippen LogP) is 3.53. The second kappa shape index (κ2) is 4.68. The number of hydrogen-bond acceptors (Lipinski definition) is 2. The summed E-state index contributed by atoms with van der Waals surface area (Å²) >= 11 is 0. The fourth-order valence-corrected chi connectivity index (χ4v) is 2.77. The zero-order valence-corrected chi connectivity index (χ0v) is 11.1. The average molecular weight is 224 g/mol. The molecule has 0 aromatic carbocycles. The summed E-state index contributed by atoms with van der Waals surface area (Å²) in [6.07, 6.45) is 5.14. The zero-order valence-electron chi connectivity index (χ0n) is 11.1. The molecule has 0 N–H and O–H groups in total. The zero-order chi connectivity index (χ0) is 12.4. The first kappa shape index (κ1) is 13.4. The van der Waals surface area contributed by atoms with Crippen molar-refractivity contribution in [2.45, 2.75) is 66.2 Å². The molecule has 0 aromatic heterocycles. The third kappa shape index (κ3) is 2.53. The van der Waals surface area contributed by atoms with E-state index in [-0.39, 0.29) is 16.6 Å². The van der Waals surface area contributed by atoms with E-state index in [9.17, 15) is 9.59 Å². The molecule has 2 atom stereocenters. The third-order valence-corrected chi connectivity index (χ3v) is 4.47. The van der Waals surface area contributed by atoms with Gasteiger partial charge in [-0.25, -0.2) is 0 Å². The van der Waals surface area contributed by atoms with Gasteiger partial charge in [0.15, 0.2) is 0 Å². The van der Waals surface area contributed by atoms with Gasteiger partial charge in [0.05, 0.1) is 0 Å². The molecule has 0 amide bonds. The number of Topliss-reactive ketones (excluding diaryl/α,β-unsaturated/α-hetero) is 2. The average Bonchev–Trinajstić information content (AvgIpc) is 2.22. The van der Waals surface area contributed by atoms with Crippen LogP contribution < -0.4 is 0 Å². The van der Waals surface area contributed by atoms with Crippen LogP contribution in [0.2, 0.25) is 0 Å². The molecule has 2 nitrogen and oxygen atoms in total. The van der Waals surface area contributed by atoms with Gasteiger partial charge in [0.25, 0.3) is 0 Å². The highest BCUT2D eigenvalue weighted by Gasteiger charge is 2.42. The first-order valence-corrected chi connectivity index (χ1v) is 6.38. The molecule has 1 rings (SSSR count). The van der Waals surface area contributed by atoms with Gasteiger partial charge < -0.3 is 0 Å². The van der Waals surface area contributed by atoms with Gasteiger partial charge in [-0.05, 0) is 32.6 Å². The van der Waals surface area contributed by atoms with Gasteiger partial charge in [-0.1, -0.05) is 27.2 Å². The molecule has 0 spiro atoms. The minimum absolute atomic E-state index is 0.238. The van der Waals surface area contributed by atoms with E-state index in [0.29, 0.717) is 12.2 Å². The topological polar surface area (TPSA) is 34.1 Å². The van der Waals surface area contributed by atoms with Gasteiger partial charge in [-0.15, -0.1) is 0 Å². The van der Waals surface area contributed by atoms with Crippen molar-refractivity contribution in [3.05, 3.63) is 0 Å². The molecule has 16 heavy (non-hydrogen) atoms. The summed E-state index contributed by atoms with van der Waals surface area (Å²) in [5.41, 5.74) is -0.582. The Morgan fingerprint density at radius 1 is 1.31 bits per heavy atom. The lowest BCUT2D eigenvalue weighted by Gasteiger charge is -2.38. The second-order valence-corrected chi connectivity index (χ2v) is 5.84. The van der Waals surface area contributed by atoms with Crippen LogP contribution in [-0.4, -0.2) is 11.6 Å². The predicted molar refractivity (Wildman–Crippen MR) is 65.3 cm³/mol. The van der Waals surface area contributed by atoms with E-state index in [1.165, 1.54) is 0 Å². The minimum Gasteiger partial charge on any atom is -0.299 e. The Bertz CT molecular complexity index is 293. The van der Waals surface area contributed by atoms with Crippen LogP contribution in [0.3, 0.4) is 0 Å². The molecule has 92 valence electrons. The van der Waals surface area contributed by atoms with Gasteiger partial charge >= 0.3 is 0 Å². The Morgan fingerprint density at radius 3 is 2.44 bits per heavy atom. The van der Waals surface area contributed by atoms with Crippen LogP contribution in [0.1, 0.15) is 66.2 Å². The fourth-order valence-electron chi connectivity index (χ4n) is 2.77. The van der Waals surface area contributed by atoms with Crippen molar-refractivity contribution in [1.29, 1.82) is 0 Å². The molecule has 1 aliphatic carbocycles. The molecule has 0 aliphatic heterocycles. The molecule has 0 bridgehead atoms. The molecular formula is C14H24O2. The molecule has 0 saturated heterocycles. The lowest BCUT2D eigenvalue weighted by molar-refractivity contribution is -0.135. The maximum absolute atomic E-state index is 12.1. The Balaban J connectivity index is 2.99. The van der Waals surface area contributed by atoms with E-state index in [4.69, 9.17) is 0 Å². The molecule has 2 heteroatoms. The first-order valence-electron chi connectivity index (χ1n) is 6.38. The Labute approximate surface area is 98.8 Å². The summed E-state index contributed by atoms with van der Waals surface area (Å²) in [6, 6.07) is 0. The molecule has 0 heterocycles. The van der Waals surface area contributed by atoms with Crippen molar-refractivity contribution in [3.8, 4) is 0 Å². The summed E-state index contributed by atoms with van der Waals surface area (Å²) in [6.45, 7) is 7.78. The van der Waals surface area contributed by atoms with E-state index in [1.54, 1.807) is 6.92 Å². The fraction of sp³-hybridized carbons (Fsp3) is 0.857. The van der Waals surface area contributed by atoms with Crippen molar-refractivity contribution in [2.24, 2.45) is 10.8 Å². The summed E-state index contributed by atoms with van der Waals surface area (Å²) in [5, 5.41) is 0. The largest absolute Gasteiger partial charge is 0.299 e. The number of ketones is 2. The molecule has 1 fully saturated rings. The smallest absolute Gasteiger partial charge is 0.138 e. The number of rotatable bonds is 2. The standard InChI is InChI=1S/C14H24O2/c1-5-13(3)10-14(4,11(2)15)9-7-6-8-12(13)16/h5-10H2,1-4H3. The summed E-state index contributed by atoms with van der Waals surface area (Å²) < 4.78 is 0. The van der Waals surface area contributed by atoms with Crippen molar-refractivity contribution in [1.82, 2.24) is 0 Å². The van der Waals surface area contributed by atoms with Crippen molar-refractivity contribution < 1.29 is 9.59 Å². The second-order valence-electron chi connectivity index (χ2n) is 5.84. The summed E-state index contributed by atoms with van der Waals surface area (Å²) in [7, 11) is 0. The SMILES string of the molecule is CCC1(C)CC(C)(C(C)=O)CCCCC1=O. The van der Waals surface area contributed by atoms with Gasteiger partial charge in [-0.2, -0.15) is 0 Å². The molecule has 2 unspecified atom stereocenters. The molecule has 1 saturated carbocycles. The minimum atomic E-state index is -0.291. The normalized spacial score (nSPS) is 36.6. The van der Waals surface area contributed by atoms with E-state index >= 15 is 0 Å². The van der Waals surface area contributed by atoms with Crippen molar-refractivity contribution in [3.63, 3.8) is 0 Å². The number of carbonyl (C=O) groups excluding carboxylic acids is 2. The van der Waals surface area contributed by atoms with Gasteiger partial charge in [0.1, 0.15) is 11.6 Å². The highest BCUT2D eigenvalue weighted by Crippen LogP contribution is 2.43. The Hall–Kier alpha value is -0.660. The first-order chi connectivity index (χ1) is 7.34. The molecule has 0 radical (unpaired) electrons. The van der Waals surface area contributed by atoms with Crippen LogP contribution in [0.4, 0.5) is 0 Å².